The lowest BCUT2D eigenvalue weighted by Gasteiger charge is -2.18. The summed E-state index contributed by atoms with van der Waals surface area (Å²) in [5.41, 5.74) is 12.1. The average Bonchev–Trinajstić information content (AvgIpc) is 3.06. The van der Waals surface area contributed by atoms with E-state index in [1.165, 1.54) is 37.1 Å². The highest BCUT2D eigenvalue weighted by Gasteiger charge is 2.24. The molecule has 4 heteroatoms. The van der Waals surface area contributed by atoms with E-state index in [0.29, 0.717) is 11.7 Å². The summed E-state index contributed by atoms with van der Waals surface area (Å²) < 4.78 is 0. The average molecular weight is 338 g/mol. The zero-order chi connectivity index (χ0) is 17.8. The van der Waals surface area contributed by atoms with Gasteiger partial charge in [-0.2, -0.15) is 0 Å². The van der Waals surface area contributed by atoms with Crippen molar-refractivity contribution < 1.29 is 0 Å². The van der Waals surface area contributed by atoms with Crippen LogP contribution in [0.4, 0.5) is 11.4 Å². The maximum Gasteiger partial charge on any atom is 0.0635 e. The third kappa shape index (κ3) is 4.12. The van der Waals surface area contributed by atoms with E-state index in [0.717, 1.165) is 35.6 Å². The fourth-order valence-electron chi connectivity index (χ4n) is 3.84. The van der Waals surface area contributed by atoms with E-state index in [-0.39, 0.29) is 0 Å². The number of aromatic nitrogens is 2. The molecule has 2 aromatic heterocycles. The molecule has 0 amide bonds. The van der Waals surface area contributed by atoms with E-state index >= 15 is 0 Å². The molecule has 1 aliphatic carbocycles. The fourth-order valence-corrected chi connectivity index (χ4v) is 3.84. The van der Waals surface area contributed by atoms with E-state index in [9.17, 15) is 0 Å². The first-order valence-corrected chi connectivity index (χ1v) is 9.58. The first-order valence-electron chi connectivity index (χ1n) is 9.58. The summed E-state index contributed by atoms with van der Waals surface area (Å²) in [4.78, 5) is 9.16. The van der Waals surface area contributed by atoms with Crippen LogP contribution in [0.5, 0.6) is 0 Å². The van der Waals surface area contributed by atoms with Gasteiger partial charge < -0.3 is 11.1 Å². The molecule has 0 saturated heterocycles. The van der Waals surface area contributed by atoms with Gasteiger partial charge in [-0.05, 0) is 50.7 Å². The Bertz CT molecular complexity index is 726. The molecule has 3 rings (SSSR count). The van der Waals surface area contributed by atoms with Gasteiger partial charge in [-0.25, -0.2) is 0 Å². The molecule has 4 nitrogen and oxygen atoms in total. The van der Waals surface area contributed by atoms with Gasteiger partial charge in [0, 0.05) is 29.1 Å². The van der Waals surface area contributed by atoms with Gasteiger partial charge in [-0.15, -0.1) is 0 Å². The van der Waals surface area contributed by atoms with Crippen LogP contribution in [0.3, 0.4) is 0 Å². The Balaban J connectivity index is 1.90. The van der Waals surface area contributed by atoms with Crippen molar-refractivity contribution in [3.05, 3.63) is 35.9 Å². The molecule has 134 valence electrons. The maximum atomic E-state index is 5.94. The first-order chi connectivity index (χ1) is 12.1. The van der Waals surface area contributed by atoms with Crippen molar-refractivity contribution in [3.8, 4) is 11.1 Å². The van der Waals surface area contributed by atoms with Crippen LogP contribution in [0.15, 0.2) is 24.5 Å². The highest BCUT2D eigenvalue weighted by molar-refractivity contribution is 5.72. The second-order valence-electron chi connectivity index (χ2n) is 7.30. The van der Waals surface area contributed by atoms with Gasteiger partial charge in [0.25, 0.3) is 0 Å². The molecule has 2 heterocycles. The van der Waals surface area contributed by atoms with Crippen LogP contribution in [-0.2, 0) is 6.42 Å². The van der Waals surface area contributed by atoms with Crippen molar-refractivity contribution in [2.24, 2.45) is 5.92 Å². The molecule has 25 heavy (non-hydrogen) atoms. The third-order valence-corrected chi connectivity index (χ3v) is 5.35. The number of nitrogens with one attached hydrogen (secondary N) is 1. The smallest absolute Gasteiger partial charge is 0.0635 e. The van der Waals surface area contributed by atoms with Gasteiger partial charge in [0.1, 0.15) is 0 Å². The summed E-state index contributed by atoms with van der Waals surface area (Å²) in [5.74, 6) is 0.864. The highest BCUT2D eigenvalue weighted by atomic mass is 14.9. The normalized spacial score (nSPS) is 20.0. The van der Waals surface area contributed by atoms with Crippen molar-refractivity contribution in [3.63, 3.8) is 0 Å². The SMILES string of the molecule is CCCc1ncc(-c2cc(N)cnc2C)cc1NC1CCC(CC)C1. The number of rotatable bonds is 6. The fraction of sp³-hybridized carbons (Fsp3) is 0.524. The van der Waals surface area contributed by atoms with Crippen molar-refractivity contribution in [2.45, 2.75) is 65.3 Å². The van der Waals surface area contributed by atoms with Gasteiger partial charge in [0.05, 0.1) is 23.3 Å². The van der Waals surface area contributed by atoms with E-state index in [2.05, 4.69) is 30.2 Å². The topological polar surface area (TPSA) is 63.8 Å². The van der Waals surface area contributed by atoms with Gasteiger partial charge in [0.15, 0.2) is 0 Å². The largest absolute Gasteiger partial charge is 0.397 e. The van der Waals surface area contributed by atoms with Crippen molar-refractivity contribution in [2.75, 3.05) is 11.1 Å². The van der Waals surface area contributed by atoms with Gasteiger partial charge in [-0.3, -0.25) is 9.97 Å². The molecular weight excluding hydrogens is 308 g/mol. The zero-order valence-corrected chi connectivity index (χ0v) is 15.7. The molecule has 0 bridgehead atoms. The molecule has 1 saturated carbocycles. The third-order valence-electron chi connectivity index (χ3n) is 5.35. The molecule has 2 atom stereocenters. The lowest BCUT2D eigenvalue weighted by atomic mass is 10.0. The highest BCUT2D eigenvalue weighted by Crippen LogP contribution is 2.33. The Morgan fingerprint density at radius 1 is 1.16 bits per heavy atom. The van der Waals surface area contributed by atoms with Crippen molar-refractivity contribution >= 4 is 11.4 Å². The summed E-state index contributed by atoms with van der Waals surface area (Å²) in [6.45, 7) is 6.52. The Morgan fingerprint density at radius 2 is 2.00 bits per heavy atom. The van der Waals surface area contributed by atoms with E-state index in [4.69, 9.17) is 10.7 Å². The number of pyridine rings is 2. The number of aryl methyl sites for hydroxylation is 2. The molecule has 1 fully saturated rings. The molecule has 2 aromatic rings. The van der Waals surface area contributed by atoms with Gasteiger partial charge >= 0.3 is 0 Å². The van der Waals surface area contributed by atoms with Crippen LogP contribution in [-0.4, -0.2) is 16.0 Å². The molecule has 0 radical (unpaired) electrons. The number of nitrogens with zero attached hydrogens (tertiary/aromatic N) is 2. The summed E-state index contributed by atoms with van der Waals surface area (Å²) in [6.07, 6.45) is 10.9. The molecule has 2 unspecified atom stereocenters. The maximum absolute atomic E-state index is 5.94. The quantitative estimate of drug-likeness (QED) is 0.780. The Morgan fingerprint density at radius 3 is 2.72 bits per heavy atom. The minimum Gasteiger partial charge on any atom is -0.397 e. The first kappa shape index (κ1) is 17.7. The predicted molar refractivity (Wildman–Crippen MR) is 106 cm³/mol. The Labute approximate surface area is 151 Å². The van der Waals surface area contributed by atoms with Gasteiger partial charge in [0.2, 0.25) is 0 Å². The second kappa shape index (κ2) is 7.85. The summed E-state index contributed by atoms with van der Waals surface area (Å²) in [6, 6.07) is 4.80. The lowest BCUT2D eigenvalue weighted by molar-refractivity contribution is 0.525. The van der Waals surface area contributed by atoms with Crippen LogP contribution in [0.25, 0.3) is 11.1 Å². The lowest BCUT2D eigenvalue weighted by Crippen LogP contribution is -2.17. The number of nitrogens with two attached hydrogens (primary N) is 1. The molecule has 0 aliphatic heterocycles. The van der Waals surface area contributed by atoms with Gasteiger partial charge in [-0.1, -0.05) is 26.7 Å². The van der Waals surface area contributed by atoms with Crippen LogP contribution < -0.4 is 11.1 Å². The van der Waals surface area contributed by atoms with Crippen LogP contribution >= 0.6 is 0 Å². The second-order valence-corrected chi connectivity index (χ2v) is 7.30. The van der Waals surface area contributed by atoms with Crippen molar-refractivity contribution in [1.82, 2.24) is 9.97 Å². The van der Waals surface area contributed by atoms with E-state index in [1.54, 1.807) is 6.20 Å². The summed E-state index contributed by atoms with van der Waals surface area (Å²) >= 11 is 0. The van der Waals surface area contributed by atoms with E-state index < -0.39 is 0 Å². The van der Waals surface area contributed by atoms with Crippen LogP contribution in [0.1, 0.15) is 57.3 Å². The minimum atomic E-state index is 0.567. The molecule has 3 N–H and O–H groups in total. The zero-order valence-electron chi connectivity index (χ0n) is 15.7. The summed E-state index contributed by atoms with van der Waals surface area (Å²) in [7, 11) is 0. The predicted octanol–water partition coefficient (Wildman–Crippen LogP) is 4.98. The Hall–Kier alpha value is -2.10. The number of anilines is 2. The molecule has 0 spiro atoms. The van der Waals surface area contributed by atoms with Crippen LogP contribution in [0.2, 0.25) is 0 Å². The summed E-state index contributed by atoms with van der Waals surface area (Å²) in [5, 5.41) is 3.79. The monoisotopic (exact) mass is 338 g/mol. The molecule has 0 aromatic carbocycles. The van der Waals surface area contributed by atoms with E-state index in [1.807, 2.05) is 19.2 Å². The van der Waals surface area contributed by atoms with Crippen molar-refractivity contribution in [1.29, 1.82) is 0 Å². The Kier molecular flexibility index (Phi) is 5.57. The number of nitrogen functional groups attached to an aromatic ring is 1. The molecule has 1 aliphatic rings. The van der Waals surface area contributed by atoms with Crippen LogP contribution in [0, 0.1) is 12.8 Å². The standard InChI is InChI=1S/C21H30N4/c1-4-6-20-21(25-18-8-7-15(5-2)9-18)10-16(12-24-20)19-11-17(22)13-23-14(19)3/h10-13,15,18,25H,4-9,22H2,1-3H3. The minimum absolute atomic E-state index is 0.567. The molecular formula is C21H30N4. The number of hydrogen-bond donors (Lipinski definition) is 2. The number of hydrogen-bond acceptors (Lipinski definition) is 4.